The summed E-state index contributed by atoms with van der Waals surface area (Å²) in [4.78, 5) is 24.6. The van der Waals surface area contributed by atoms with Crippen LogP contribution in [0.4, 0.5) is 0 Å². The molecule has 2 saturated heterocycles. The van der Waals surface area contributed by atoms with Crippen molar-refractivity contribution in [3.63, 3.8) is 0 Å². The first-order chi connectivity index (χ1) is 7.61. The predicted octanol–water partition coefficient (Wildman–Crippen LogP) is 0.332. The smallest absolute Gasteiger partial charge is 0.326 e. The van der Waals surface area contributed by atoms with Crippen LogP contribution in [-0.4, -0.2) is 40.0 Å². The summed E-state index contributed by atoms with van der Waals surface area (Å²) < 4.78 is 0. The van der Waals surface area contributed by atoms with Crippen LogP contribution in [0.5, 0.6) is 0 Å². The quantitative estimate of drug-likeness (QED) is 0.675. The number of aliphatic carboxylic acids is 1. The number of carboxylic acids is 1. The lowest BCUT2D eigenvalue weighted by atomic mass is 9.99. The van der Waals surface area contributed by atoms with E-state index in [4.69, 9.17) is 10.8 Å². The van der Waals surface area contributed by atoms with Crippen LogP contribution in [0.1, 0.15) is 38.5 Å². The summed E-state index contributed by atoms with van der Waals surface area (Å²) in [6, 6.07) is -1.07. The number of amides is 1. The summed E-state index contributed by atoms with van der Waals surface area (Å²) in [5, 5.41) is 9.08. The van der Waals surface area contributed by atoms with Crippen LogP contribution in [0, 0.1) is 0 Å². The predicted molar refractivity (Wildman–Crippen MR) is 57.7 cm³/mol. The van der Waals surface area contributed by atoms with Crippen molar-refractivity contribution in [1.29, 1.82) is 0 Å². The summed E-state index contributed by atoms with van der Waals surface area (Å²) in [5.74, 6) is -1.07. The molecule has 0 aliphatic carbocycles. The highest BCUT2D eigenvalue weighted by atomic mass is 16.4. The van der Waals surface area contributed by atoms with Gasteiger partial charge in [-0.3, -0.25) is 4.79 Å². The molecule has 3 atom stereocenters. The van der Waals surface area contributed by atoms with E-state index in [1.165, 1.54) is 4.90 Å². The Kier molecular flexibility index (Phi) is 3.14. The second-order valence-corrected chi connectivity index (χ2v) is 4.72. The van der Waals surface area contributed by atoms with Gasteiger partial charge in [-0.1, -0.05) is 12.8 Å². The Bertz CT molecular complexity index is 306. The minimum absolute atomic E-state index is 0.0972. The van der Waals surface area contributed by atoms with Gasteiger partial charge in [0, 0.05) is 6.04 Å². The molecule has 90 valence electrons. The third-order valence-electron chi connectivity index (χ3n) is 3.66. The maximum absolute atomic E-state index is 12.0. The van der Waals surface area contributed by atoms with Crippen molar-refractivity contribution in [1.82, 2.24) is 4.90 Å². The normalized spacial score (nSPS) is 35.4. The summed E-state index contributed by atoms with van der Waals surface area (Å²) >= 11 is 0. The van der Waals surface area contributed by atoms with Crippen LogP contribution >= 0.6 is 0 Å². The Hall–Kier alpha value is -1.10. The molecule has 2 fully saturated rings. The first-order valence-corrected chi connectivity index (χ1v) is 5.92. The number of carbonyl (C=O) groups excluding carboxylic acids is 1. The van der Waals surface area contributed by atoms with E-state index in [1.54, 1.807) is 0 Å². The van der Waals surface area contributed by atoms with E-state index in [9.17, 15) is 9.59 Å². The van der Waals surface area contributed by atoms with Crippen LogP contribution in [0.3, 0.4) is 0 Å². The van der Waals surface area contributed by atoms with Gasteiger partial charge in [-0.05, 0) is 25.7 Å². The SMILES string of the molecule is NC1CCCCC2CCC(C(=O)O)N2C1=O. The number of hydrogen-bond acceptors (Lipinski definition) is 3. The molecule has 2 aliphatic rings. The summed E-state index contributed by atoms with van der Waals surface area (Å²) in [7, 11) is 0. The lowest BCUT2D eigenvalue weighted by Crippen LogP contribution is -2.52. The maximum atomic E-state index is 12.0. The molecule has 0 aromatic rings. The van der Waals surface area contributed by atoms with Crippen molar-refractivity contribution in [3.05, 3.63) is 0 Å². The van der Waals surface area contributed by atoms with E-state index in [2.05, 4.69) is 0 Å². The summed E-state index contributed by atoms with van der Waals surface area (Å²) in [6.07, 6.45) is 4.97. The Labute approximate surface area is 94.6 Å². The molecule has 0 saturated carbocycles. The molecule has 16 heavy (non-hydrogen) atoms. The fraction of sp³-hybridized carbons (Fsp3) is 0.818. The van der Waals surface area contributed by atoms with Gasteiger partial charge in [-0.25, -0.2) is 4.79 Å². The van der Waals surface area contributed by atoms with Crippen LogP contribution in [-0.2, 0) is 9.59 Å². The van der Waals surface area contributed by atoms with E-state index in [1.807, 2.05) is 0 Å². The highest BCUT2D eigenvalue weighted by Crippen LogP contribution is 2.30. The highest BCUT2D eigenvalue weighted by molar-refractivity contribution is 5.87. The number of carboxylic acid groups (broad SMARTS) is 1. The van der Waals surface area contributed by atoms with Crippen molar-refractivity contribution in [2.75, 3.05) is 0 Å². The number of nitrogens with two attached hydrogens (primary N) is 1. The molecule has 3 unspecified atom stereocenters. The van der Waals surface area contributed by atoms with E-state index < -0.39 is 18.1 Å². The number of carbonyl (C=O) groups is 2. The Morgan fingerprint density at radius 1 is 1.25 bits per heavy atom. The second kappa shape index (κ2) is 4.41. The fourth-order valence-electron chi connectivity index (χ4n) is 2.80. The maximum Gasteiger partial charge on any atom is 0.326 e. The van der Waals surface area contributed by atoms with Crippen LogP contribution in [0.25, 0.3) is 0 Å². The van der Waals surface area contributed by atoms with Crippen LogP contribution in [0.2, 0.25) is 0 Å². The van der Waals surface area contributed by atoms with Gasteiger partial charge in [-0.2, -0.15) is 0 Å². The van der Waals surface area contributed by atoms with Gasteiger partial charge in [0.05, 0.1) is 6.04 Å². The topological polar surface area (TPSA) is 83.6 Å². The zero-order valence-corrected chi connectivity index (χ0v) is 9.26. The molecule has 3 N–H and O–H groups in total. The van der Waals surface area contributed by atoms with Gasteiger partial charge in [0.15, 0.2) is 0 Å². The van der Waals surface area contributed by atoms with Gasteiger partial charge >= 0.3 is 5.97 Å². The standard InChI is InChI=1S/C11H18N2O3/c12-8-4-2-1-3-7-5-6-9(11(15)16)13(7)10(8)14/h7-9H,1-6,12H2,(H,15,16). The fourth-order valence-corrected chi connectivity index (χ4v) is 2.80. The van der Waals surface area contributed by atoms with E-state index in [0.717, 1.165) is 25.7 Å². The molecule has 2 rings (SSSR count). The third kappa shape index (κ3) is 1.91. The lowest BCUT2D eigenvalue weighted by Gasteiger charge is -2.32. The molecule has 0 bridgehead atoms. The first kappa shape index (κ1) is 11.4. The average Bonchev–Trinajstić information content (AvgIpc) is 2.64. The zero-order chi connectivity index (χ0) is 11.7. The second-order valence-electron chi connectivity index (χ2n) is 4.72. The molecule has 1 amide bonds. The third-order valence-corrected chi connectivity index (χ3v) is 3.66. The minimum Gasteiger partial charge on any atom is -0.480 e. The number of rotatable bonds is 1. The molecule has 0 radical (unpaired) electrons. The summed E-state index contributed by atoms with van der Waals surface area (Å²) in [6.45, 7) is 0. The van der Waals surface area contributed by atoms with Crippen molar-refractivity contribution >= 4 is 11.9 Å². The molecular formula is C11H18N2O3. The van der Waals surface area contributed by atoms with E-state index >= 15 is 0 Å². The molecule has 2 aliphatic heterocycles. The molecule has 2 heterocycles. The Morgan fingerprint density at radius 2 is 1.94 bits per heavy atom. The van der Waals surface area contributed by atoms with Crippen molar-refractivity contribution in [3.8, 4) is 0 Å². The largest absolute Gasteiger partial charge is 0.480 e. The van der Waals surface area contributed by atoms with Gasteiger partial charge in [0.25, 0.3) is 0 Å². The number of nitrogens with zero attached hydrogens (tertiary/aromatic N) is 1. The van der Waals surface area contributed by atoms with Gasteiger partial charge in [-0.15, -0.1) is 0 Å². The van der Waals surface area contributed by atoms with Gasteiger partial charge in [0.2, 0.25) is 5.91 Å². The Morgan fingerprint density at radius 3 is 2.62 bits per heavy atom. The van der Waals surface area contributed by atoms with Gasteiger partial charge in [0.1, 0.15) is 6.04 Å². The average molecular weight is 226 g/mol. The minimum atomic E-state index is -0.899. The van der Waals surface area contributed by atoms with Crippen molar-refractivity contribution in [2.45, 2.75) is 56.7 Å². The molecule has 5 heteroatoms. The number of fused-ring (bicyclic) bond motifs is 1. The molecule has 0 spiro atoms. The Balaban J connectivity index is 2.20. The lowest BCUT2D eigenvalue weighted by molar-refractivity contribution is -0.150. The van der Waals surface area contributed by atoms with E-state index in [-0.39, 0.29) is 11.9 Å². The van der Waals surface area contributed by atoms with Gasteiger partial charge < -0.3 is 15.7 Å². The van der Waals surface area contributed by atoms with E-state index in [0.29, 0.717) is 12.8 Å². The van der Waals surface area contributed by atoms with Crippen molar-refractivity contribution < 1.29 is 14.7 Å². The molecule has 0 aromatic heterocycles. The highest BCUT2D eigenvalue weighted by Gasteiger charge is 2.42. The monoisotopic (exact) mass is 226 g/mol. The zero-order valence-electron chi connectivity index (χ0n) is 9.26. The van der Waals surface area contributed by atoms with Crippen molar-refractivity contribution in [2.24, 2.45) is 5.73 Å². The molecule has 5 nitrogen and oxygen atoms in total. The van der Waals surface area contributed by atoms with Crippen LogP contribution < -0.4 is 5.73 Å². The molecular weight excluding hydrogens is 208 g/mol. The van der Waals surface area contributed by atoms with Crippen LogP contribution in [0.15, 0.2) is 0 Å². The summed E-state index contributed by atoms with van der Waals surface area (Å²) in [5.41, 5.74) is 5.78. The first-order valence-electron chi connectivity index (χ1n) is 5.92. The molecule has 0 aromatic carbocycles. The number of hydrogen-bond donors (Lipinski definition) is 2.